The summed E-state index contributed by atoms with van der Waals surface area (Å²) in [5, 5.41) is 0. The largest absolute Gasteiger partial charge is 0.491 e. The van der Waals surface area contributed by atoms with Crippen LogP contribution in [0.4, 0.5) is 0 Å². The fraction of sp³-hybridized carbons (Fsp3) is 0.486. The van der Waals surface area contributed by atoms with Crippen LogP contribution in [0.5, 0.6) is 11.5 Å². The van der Waals surface area contributed by atoms with E-state index in [2.05, 4.69) is 65.3 Å². The summed E-state index contributed by atoms with van der Waals surface area (Å²) in [6, 6.07) is 26.8. The van der Waals surface area contributed by atoms with E-state index in [4.69, 9.17) is 23.7 Å². The van der Waals surface area contributed by atoms with Gasteiger partial charge in [0.1, 0.15) is 30.8 Å². The van der Waals surface area contributed by atoms with Crippen molar-refractivity contribution >= 4 is 15.9 Å². The number of rotatable bonds is 18. The second kappa shape index (κ2) is 18.2. The molecule has 3 unspecified atom stereocenters. The van der Waals surface area contributed by atoms with Crippen molar-refractivity contribution in [3.8, 4) is 11.5 Å². The maximum Gasteiger partial charge on any atom is 0.158 e. The van der Waals surface area contributed by atoms with Crippen molar-refractivity contribution in [2.45, 2.75) is 83.2 Å². The second-order valence-electron chi connectivity index (χ2n) is 10.6. The third-order valence-electron chi connectivity index (χ3n) is 7.27. The molecular weight excluding hydrogens is 580 g/mol. The second-order valence-corrected chi connectivity index (χ2v) is 11.6. The van der Waals surface area contributed by atoms with Crippen LogP contribution in [-0.2, 0) is 20.6 Å². The summed E-state index contributed by atoms with van der Waals surface area (Å²) in [7, 11) is 0. The predicted molar refractivity (Wildman–Crippen MR) is 168 cm³/mol. The van der Waals surface area contributed by atoms with Gasteiger partial charge in [0, 0.05) is 17.7 Å². The zero-order valence-corrected chi connectivity index (χ0v) is 25.9. The first-order valence-corrected chi connectivity index (χ1v) is 16.0. The molecule has 3 aromatic rings. The van der Waals surface area contributed by atoms with Crippen molar-refractivity contribution in [1.82, 2.24) is 0 Å². The molecule has 0 amide bonds. The van der Waals surface area contributed by atoms with E-state index in [0.717, 1.165) is 85.9 Å². The third kappa shape index (κ3) is 11.8. The normalized spacial score (nSPS) is 16.7. The molecule has 1 aliphatic rings. The molecule has 0 saturated carbocycles. The van der Waals surface area contributed by atoms with Crippen molar-refractivity contribution in [3.05, 3.63) is 94.5 Å². The lowest BCUT2D eigenvalue weighted by Gasteiger charge is -2.28. The minimum Gasteiger partial charge on any atom is -0.491 e. The summed E-state index contributed by atoms with van der Waals surface area (Å²) in [5.74, 6) is 1.64. The van der Waals surface area contributed by atoms with Crippen molar-refractivity contribution in [2.24, 2.45) is 0 Å². The van der Waals surface area contributed by atoms with Crippen molar-refractivity contribution in [2.75, 3.05) is 26.4 Å². The SMILES string of the molecule is CCCCCOC(COc1ccc(Br)cc1)COc1ccc(C(CCCc2ccccc2)OC2CCCCO2)cc1. The quantitative estimate of drug-likeness (QED) is 0.132. The van der Waals surface area contributed by atoms with Gasteiger partial charge in [0.15, 0.2) is 6.29 Å². The minimum atomic E-state index is -0.160. The fourth-order valence-electron chi connectivity index (χ4n) is 4.89. The first-order chi connectivity index (χ1) is 20.2. The van der Waals surface area contributed by atoms with E-state index < -0.39 is 0 Å². The highest BCUT2D eigenvalue weighted by Crippen LogP contribution is 2.30. The lowest BCUT2D eigenvalue weighted by molar-refractivity contribution is -0.191. The van der Waals surface area contributed by atoms with Crippen LogP contribution in [0, 0.1) is 0 Å². The van der Waals surface area contributed by atoms with E-state index in [0.29, 0.717) is 19.8 Å². The number of hydrogen-bond donors (Lipinski definition) is 0. The summed E-state index contributed by atoms with van der Waals surface area (Å²) < 4.78 is 31.8. The average Bonchev–Trinajstić information content (AvgIpc) is 3.02. The third-order valence-corrected chi connectivity index (χ3v) is 7.80. The summed E-state index contributed by atoms with van der Waals surface area (Å²) in [5.41, 5.74) is 2.52. The first kappa shape index (κ1) is 31.6. The highest BCUT2D eigenvalue weighted by molar-refractivity contribution is 9.10. The van der Waals surface area contributed by atoms with E-state index in [1.54, 1.807) is 0 Å². The Morgan fingerprint density at radius 1 is 0.829 bits per heavy atom. The van der Waals surface area contributed by atoms with E-state index in [-0.39, 0.29) is 18.5 Å². The molecule has 6 heteroatoms. The van der Waals surface area contributed by atoms with Crippen LogP contribution in [0.3, 0.4) is 0 Å². The van der Waals surface area contributed by atoms with Crippen LogP contribution < -0.4 is 9.47 Å². The molecule has 222 valence electrons. The first-order valence-electron chi connectivity index (χ1n) is 15.2. The van der Waals surface area contributed by atoms with Gasteiger partial charge in [0.05, 0.1) is 6.10 Å². The topological polar surface area (TPSA) is 46.2 Å². The van der Waals surface area contributed by atoms with Gasteiger partial charge in [-0.25, -0.2) is 0 Å². The molecule has 41 heavy (non-hydrogen) atoms. The number of hydrogen-bond acceptors (Lipinski definition) is 5. The zero-order chi connectivity index (χ0) is 28.5. The molecule has 0 aliphatic carbocycles. The predicted octanol–water partition coefficient (Wildman–Crippen LogP) is 9.09. The van der Waals surface area contributed by atoms with E-state index in [1.807, 2.05) is 36.4 Å². The molecule has 4 rings (SSSR count). The molecule has 0 aromatic heterocycles. The Hall–Kier alpha value is -2.38. The Morgan fingerprint density at radius 3 is 2.20 bits per heavy atom. The summed E-state index contributed by atoms with van der Waals surface area (Å²) in [4.78, 5) is 0. The van der Waals surface area contributed by atoms with Gasteiger partial charge in [-0.15, -0.1) is 0 Å². The average molecular weight is 626 g/mol. The Kier molecular flexibility index (Phi) is 14.0. The van der Waals surface area contributed by atoms with Crippen LogP contribution in [0.25, 0.3) is 0 Å². The zero-order valence-electron chi connectivity index (χ0n) is 24.3. The van der Waals surface area contributed by atoms with Gasteiger partial charge >= 0.3 is 0 Å². The van der Waals surface area contributed by atoms with Gasteiger partial charge in [-0.1, -0.05) is 78.2 Å². The van der Waals surface area contributed by atoms with Gasteiger partial charge in [-0.2, -0.15) is 0 Å². The lowest BCUT2D eigenvalue weighted by atomic mass is 10.0. The molecule has 1 saturated heterocycles. The van der Waals surface area contributed by atoms with E-state index in [9.17, 15) is 0 Å². The lowest BCUT2D eigenvalue weighted by Crippen LogP contribution is -2.29. The van der Waals surface area contributed by atoms with Gasteiger partial charge in [-0.3, -0.25) is 0 Å². The Balaban J connectivity index is 1.32. The molecule has 1 aliphatic heterocycles. The highest BCUT2D eigenvalue weighted by Gasteiger charge is 2.21. The van der Waals surface area contributed by atoms with E-state index in [1.165, 1.54) is 5.56 Å². The van der Waals surface area contributed by atoms with Gasteiger partial charge < -0.3 is 23.7 Å². The molecule has 0 spiro atoms. The molecule has 0 bridgehead atoms. The maximum absolute atomic E-state index is 6.50. The Morgan fingerprint density at radius 2 is 1.54 bits per heavy atom. The molecule has 5 nitrogen and oxygen atoms in total. The fourth-order valence-corrected chi connectivity index (χ4v) is 5.15. The summed E-state index contributed by atoms with van der Waals surface area (Å²) in [6.07, 6.45) is 9.31. The van der Waals surface area contributed by atoms with Crippen molar-refractivity contribution in [1.29, 1.82) is 0 Å². The molecule has 3 atom stereocenters. The Labute approximate surface area is 254 Å². The van der Waals surface area contributed by atoms with Gasteiger partial charge in [0.2, 0.25) is 0 Å². The molecular formula is C35H45BrO5. The number of ether oxygens (including phenoxy) is 5. The summed E-state index contributed by atoms with van der Waals surface area (Å²) >= 11 is 3.47. The molecule has 1 heterocycles. The standard InChI is InChI=1S/C35H45BrO5/c1-2-3-8-24-37-33(27-40-32-22-18-30(36)19-23-32)26-39-31-20-16-29(17-21-31)34(41-35-15-7-9-25-38-35)14-10-13-28-11-5-4-6-12-28/h4-6,11-12,16-23,33-35H,2-3,7-10,13-15,24-27H2,1H3. The van der Waals surface area contributed by atoms with Crippen LogP contribution in [0.1, 0.15) is 75.5 Å². The highest BCUT2D eigenvalue weighted by atomic mass is 79.9. The summed E-state index contributed by atoms with van der Waals surface area (Å²) in [6.45, 7) is 4.54. The monoisotopic (exact) mass is 624 g/mol. The Bertz CT molecular complexity index is 1080. The molecule has 1 fully saturated rings. The minimum absolute atomic E-state index is 0.00943. The molecule has 0 N–H and O–H groups in total. The number of benzene rings is 3. The smallest absolute Gasteiger partial charge is 0.158 e. The van der Waals surface area contributed by atoms with Crippen molar-refractivity contribution in [3.63, 3.8) is 0 Å². The van der Waals surface area contributed by atoms with E-state index >= 15 is 0 Å². The van der Waals surface area contributed by atoms with Crippen LogP contribution in [-0.4, -0.2) is 38.8 Å². The van der Waals surface area contributed by atoms with Crippen molar-refractivity contribution < 1.29 is 23.7 Å². The van der Waals surface area contributed by atoms with Crippen LogP contribution >= 0.6 is 15.9 Å². The van der Waals surface area contributed by atoms with Crippen LogP contribution in [0.15, 0.2) is 83.3 Å². The van der Waals surface area contributed by atoms with Gasteiger partial charge in [-0.05, 0) is 92.5 Å². The maximum atomic E-state index is 6.50. The number of unbranched alkanes of at least 4 members (excludes halogenated alkanes) is 2. The number of halogens is 1. The number of aryl methyl sites for hydroxylation is 1. The van der Waals surface area contributed by atoms with Crippen LogP contribution in [0.2, 0.25) is 0 Å². The molecule has 3 aromatic carbocycles. The van der Waals surface area contributed by atoms with Gasteiger partial charge in [0.25, 0.3) is 0 Å². The molecule has 0 radical (unpaired) electrons.